The minimum atomic E-state index is -2.49. The molecule has 1 aromatic rings. The van der Waals surface area contributed by atoms with Crippen molar-refractivity contribution in [2.75, 3.05) is 0 Å². The van der Waals surface area contributed by atoms with E-state index in [1.807, 2.05) is 29.5 Å². The van der Waals surface area contributed by atoms with Crippen LogP contribution in [0.15, 0.2) is 6.07 Å². The van der Waals surface area contributed by atoms with Gasteiger partial charge in [0.15, 0.2) is 0 Å². The fourth-order valence-corrected chi connectivity index (χ4v) is 3.08. The molecule has 0 aliphatic heterocycles. The first-order valence-corrected chi connectivity index (χ1v) is 5.76. The van der Waals surface area contributed by atoms with Crippen LogP contribution < -0.4 is 0 Å². The fourth-order valence-electron chi connectivity index (χ4n) is 0.957. The number of aromatic nitrogens is 1. The minimum absolute atomic E-state index is 0.147. The minimum Gasteiger partial charge on any atom is -0.241 e. The van der Waals surface area contributed by atoms with Gasteiger partial charge in [0.1, 0.15) is 9.39 Å². The summed E-state index contributed by atoms with van der Waals surface area (Å²) in [6.07, 6.45) is -2.49. The summed E-state index contributed by atoms with van der Waals surface area (Å²) in [5.74, 6) is 0. The van der Waals surface area contributed by atoms with Gasteiger partial charge in [-0.2, -0.15) is 0 Å². The summed E-state index contributed by atoms with van der Waals surface area (Å²) in [6.45, 7) is 1.81. The maximum atomic E-state index is 12.3. The predicted molar refractivity (Wildman–Crippen MR) is 59.3 cm³/mol. The summed E-state index contributed by atoms with van der Waals surface area (Å²) in [5.41, 5.74) is 1.68. The molecule has 0 N–H and O–H groups in total. The Morgan fingerprint density at radius 2 is 2.23 bits per heavy atom. The highest BCUT2D eigenvalue weighted by atomic mass is 127. The zero-order chi connectivity index (χ0) is 10.0. The molecule has 1 heterocycles. The molecule has 0 bridgehead atoms. The summed E-state index contributed by atoms with van der Waals surface area (Å²) in [4.78, 5) is 3.81. The average Bonchev–Trinajstić information content (AvgIpc) is 2.03. The molecule has 0 spiro atoms. The number of pyridine rings is 1. The third-order valence-electron chi connectivity index (χ3n) is 1.67. The zero-order valence-electron chi connectivity index (χ0n) is 6.82. The summed E-state index contributed by atoms with van der Waals surface area (Å²) in [6, 6.07) is 1.43. The monoisotopic (exact) mass is 361 g/mol. The Morgan fingerprint density at radius 1 is 1.62 bits per heavy atom. The molecule has 1 rings (SSSR count). The largest absolute Gasteiger partial charge is 0.280 e. The van der Waals surface area contributed by atoms with Crippen LogP contribution in [0.5, 0.6) is 0 Å². The van der Waals surface area contributed by atoms with Gasteiger partial charge in [-0.3, -0.25) is 0 Å². The van der Waals surface area contributed by atoms with Gasteiger partial charge in [0.05, 0.1) is 0 Å². The summed E-state index contributed by atoms with van der Waals surface area (Å²) < 4.78 is 25.2. The Balaban J connectivity index is 3.20. The van der Waals surface area contributed by atoms with Crippen molar-refractivity contribution in [3.63, 3.8) is 0 Å². The Labute approximate surface area is 97.2 Å². The number of alkyl halides is 3. The van der Waals surface area contributed by atoms with Crippen molar-refractivity contribution >= 4 is 38.5 Å². The second kappa shape index (κ2) is 4.63. The van der Waals surface area contributed by atoms with Crippen LogP contribution >= 0.6 is 38.5 Å². The van der Waals surface area contributed by atoms with E-state index >= 15 is 0 Å². The lowest BCUT2D eigenvalue weighted by molar-refractivity contribution is 0.145. The van der Waals surface area contributed by atoms with Gasteiger partial charge in [-0.15, -0.1) is 0 Å². The van der Waals surface area contributed by atoms with Gasteiger partial charge in [0.2, 0.25) is 0 Å². The third-order valence-corrected chi connectivity index (χ3v) is 3.13. The molecule has 0 aliphatic carbocycles. The van der Waals surface area contributed by atoms with Gasteiger partial charge in [-0.25, -0.2) is 13.8 Å². The molecule has 1 aromatic heterocycles. The van der Waals surface area contributed by atoms with Crippen LogP contribution in [0.3, 0.4) is 0 Å². The molecule has 0 amide bonds. The quantitative estimate of drug-likeness (QED) is 0.443. The lowest BCUT2D eigenvalue weighted by atomic mass is 10.1. The topological polar surface area (TPSA) is 12.9 Å². The van der Waals surface area contributed by atoms with Crippen molar-refractivity contribution in [3.05, 3.63) is 26.6 Å². The van der Waals surface area contributed by atoms with E-state index in [0.717, 1.165) is 11.1 Å². The summed E-state index contributed by atoms with van der Waals surface area (Å²) in [7, 11) is 0. The third kappa shape index (κ3) is 2.59. The number of hydrogen-bond acceptors (Lipinski definition) is 1. The molecule has 0 saturated carbocycles. The number of halogens is 4. The SMILES string of the molecule is Cc1cc(C(F)F)nc(I)c1CBr. The first-order valence-electron chi connectivity index (χ1n) is 3.56. The van der Waals surface area contributed by atoms with Crippen LogP contribution in [0.4, 0.5) is 8.78 Å². The van der Waals surface area contributed by atoms with Gasteiger partial charge in [-0.05, 0) is 46.7 Å². The number of hydrogen-bond donors (Lipinski definition) is 0. The molecule has 0 atom stereocenters. The molecule has 0 aromatic carbocycles. The van der Waals surface area contributed by atoms with E-state index in [1.165, 1.54) is 6.07 Å². The second-order valence-corrected chi connectivity index (χ2v) is 4.15. The first kappa shape index (κ1) is 11.3. The number of aryl methyl sites for hydroxylation is 1. The number of nitrogens with zero attached hydrogens (tertiary/aromatic N) is 1. The predicted octanol–water partition coefficient (Wildman–Crippen LogP) is 3.83. The van der Waals surface area contributed by atoms with E-state index in [4.69, 9.17) is 0 Å². The van der Waals surface area contributed by atoms with Crippen LogP contribution in [0.1, 0.15) is 23.2 Å². The Hall–Kier alpha value is 0.220. The van der Waals surface area contributed by atoms with Crippen LogP contribution in [-0.4, -0.2) is 4.98 Å². The van der Waals surface area contributed by atoms with E-state index in [9.17, 15) is 8.78 Å². The van der Waals surface area contributed by atoms with Crippen molar-refractivity contribution in [2.45, 2.75) is 18.7 Å². The Morgan fingerprint density at radius 3 is 2.62 bits per heavy atom. The van der Waals surface area contributed by atoms with Gasteiger partial charge < -0.3 is 0 Å². The number of rotatable bonds is 2. The molecule has 0 unspecified atom stereocenters. The highest BCUT2D eigenvalue weighted by Gasteiger charge is 2.13. The lowest BCUT2D eigenvalue weighted by Crippen LogP contribution is -1.99. The van der Waals surface area contributed by atoms with E-state index in [1.54, 1.807) is 0 Å². The van der Waals surface area contributed by atoms with Crippen molar-refractivity contribution in [1.29, 1.82) is 0 Å². The molecule has 0 aliphatic rings. The molecule has 0 saturated heterocycles. The Bertz CT molecular complexity index is 294. The molecular formula is C8H7BrF2IN. The highest BCUT2D eigenvalue weighted by molar-refractivity contribution is 14.1. The first-order chi connectivity index (χ1) is 6.06. The smallest absolute Gasteiger partial charge is 0.241 e. The molecule has 5 heteroatoms. The van der Waals surface area contributed by atoms with E-state index in [-0.39, 0.29) is 5.69 Å². The second-order valence-electron chi connectivity index (χ2n) is 2.57. The zero-order valence-corrected chi connectivity index (χ0v) is 10.6. The van der Waals surface area contributed by atoms with Crippen LogP contribution in [0, 0.1) is 10.6 Å². The molecular weight excluding hydrogens is 355 g/mol. The van der Waals surface area contributed by atoms with Gasteiger partial charge in [0.25, 0.3) is 6.43 Å². The van der Waals surface area contributed by atoms with Gasteiger partial charge >= 0.3 is 0 Å². The molecule has 0 fully saturated rings. The fraction of sp³-hybridized carbons (Fsp3) is 0.375. The molecule has 72 valence electrons. The Kier molecular flexibility index (Phi) is 4.03. The van der Waals surface area contributed by atoms with Crippen molar-refractivity contribution in [2.24, 2.45) is 0 Å². The summed E-state index contributed by atoms with van der Waals surface area (Å²) in [5, 5.41) is 0.646. The average molecular weight is 362 g/mol. The maximum Gasteiger partial charge on any atom is 0.280 e. The van der Waals surface area contributed by atoms with E-state index < -0.39 is 6.43 Å². The standard InChI is InChI=1S/C8H7BrF2IN/c1-4-2-6(7(10)11)13-8(12)5(4)3-9/h2,7H,3H2,1H3. The molecule has 13 heavy (non-hydrogen) atoms. The lowest BCUT2D eigenvalue weighted by Gasteiger charge is -2.07. The van der Waals surface area contributed by atoms with E-state index in [0.29, 0.717) is 9.03 Å². The van der Waals surface area contributed by atoms with Crippen LogP contribution in [0.2, 0.25) is 0 Å². The molecule has 0 radical (unpaired) electrons. The van der Waals surface area contributed by atoms with Crippen molar-refractivity contribution < 1.29 is 8.78 Å². The van der Waals surface area contributed by atoms with Crippen LogP contribution in [-0.2, 0) is 5.33 Å². The highest BCUT2D eigenvalue weighted by Crippen LogP contribution is 2.23. The molecule has 1 nitrogen and oxygen atoms in total. The summed E-state index contributed by atoms with van der Waals surface area (Å²) >= 11 is 5.26. The van der Waals surface area contributed by atoms with Crippen LogP contribution in [0.25, 0.3) is 0 Å². The van der Waals surface area contributed by atoms with Crippen molar-refractivity contribution in [1.82, 2.24) is 4.98 Å². The van der Waals surface area contributed by atoms with Gasteiger partial charge in [0, 0.05) is 5.33 Å². The van der Waals surface area contributed by atoms with E-state index in [2.05, 4.69) is 20.9 Å². The normalized spacial score (nSPS) is 10.9. The van der Waals surface area contributed by atoms with Crippen molar-refractivity contribution in [3.8, 4) is 0 Å². The maximum absolute atomic E-state index is 12.3. The van der Waals surface area contributed by atoms with Gasteiger partial charge in [-0.1, -0.05) is 15.9 Å².